The molecule has 0 saturated carbocycles. The molecule has 5 aliphatic heterocycles. The summed E-state index contributed by atoms with van der Waals surface area (Å²) in [5, 5.41) is 10.7. The lowest BCUT2D eigenvalue weighted by atomic mass is 9.90. The molecule has 3 unspecified atom stereocenters. The van der Waals surface area contributed by atoms with E-state index in [9.17, 15) is 0 Å². The van der Waals surface area contributed by atoms with E-state index >= 15 is 0 Å². The van der Waals surface area contributed by atoms with Crippen molar-refractivity contribution in [3.05, 3.63) is 24.2 Å². The van der Waals surface area contributed by atoms with Gasteiger partial charge < -0.3 is 24.5 Å². The van der Waals surface area contributed by atoms with Crippen LogP contribution in [0.15, 0.2) is 33.6 Å². The van der Waals surface area contributed by atoms with E-state index in [1.54, 1.807) is 12.5 Å². The summed E-state index contributed by atoms with van der Waals surface area (Å²) in [6.45, 7) is 5.70. The van der Waals surface area contributed by atoms with Gasteiger partial charge in [-0.15, -0.1) is 0 Å². The van der Waals surface area contributed by atoms with Crippen molar-refractivity contribution in [1.82, 2.24) is 25.8 Å². The number of amidine groups is 1. The monoisotopic (exact) mass is 415 g/mol. The molecule has 0 spiro atoms. The molecule has 10 heteroatoms. The maximum absolute atomic E-state index is 6.26. The Hall–Kier alpha value is -2.14. The van der Waals surface area contributed by atoms with Gasteiger partial charge in [-0.1, -0.05) is 0 Å². The number of nitrogens with zero attached hydrogens (tertiary/aromatic N) is 4. The van der Waals surface area contributed by atoms with Crippen LogP contribution in [-0.2, 0) is 9.47 Å². The van der Waals surface area contributed by atoms with E-state index in [1.165, 1.54) is 5.57 Å². The van der Waals surface area contributed by atoms with Gasteiger partial charge in [0.1, 0.15) is 18.3 Å². The first kappa shape index (κ1) is 18.6. The van der Waals surface area contributed by atoms with E-state index in [0.29, 0.717) is 19.2 Å². The first-order valence-corrected chi connectivity index (χ1v) is 11.0. The third-order valence-corrected chi connectivity index (χ3v) is 6.78. The second kappa shape index (κ2) is 7.52. The van der Waals surface area contributed by atoms with Crippen molar-refractivity contribution in [2.75, 3.05) is 50.8 Å². The molecule has 0 aromatic carbocycles. The van der Waals surface area contributed by atoms with Crippen LogP contribution in [0.4, 0.5) is 6.01 Å². The summed E-state index contributed by atoms with van der Waals surface area (Å²) in [7, 11) is 0. The zero-order valence-corrected chi connectivity index (χ0v) is 17.0. The molecule has 1 aromatic rings. The number of nitrogens with one attached hydrogen (secondary N) is 3. The third kappa shape index (κ3) is 2.71. The van der Waals surface area contributed by atoms with Gasteiger partial charge in [-0.05, 0) is 31.0 Å². The molecule has 30 heavy (non-hydrogen) atoms. The Bertz CT molecular complexity index is 798. The lowest BCUT2D eigenvalue weighted by molar-refractivity contribution is -0.147. The highest BCUT2D eigenvalue weighted by Crippen LogP contribution is 2.46. The van der Waals surface area contributed by atoms with Crippen LogP contribution in [0.25, 0.3) is 0 Å². The van der Waals surface area contributed by atoms with Crippen molar-refractivity contribution in [2.24, 2.45) is 4.99 Å². The van der Waals surface area contributed by atoms with Crippen LogP contribution < -0.4 is 20.9 Å². The lowest BCUT2D eigenvalue weighted by Gasteiger charge is -2.50. The number of ether oxygens (including phenoxy) is 2. The Balaban J connectivity index is 1.54. The molecule has 1 aromatic heterocycles. The molecule has 0 radical (unpaired) electrons. The minimum absolute atomic E-state index is 0.0179. The lowest BCUT2D eigenvalue weighted by Crippen LogP contribution is -2.71. The van der Waals surface area contributed by atoms with E-state index in [1.807, 2.05) is 0 Å². The Kier molecular flexibility index (Phi) is 4.67. The SMILES string of the molecule is C1=C(C2NC(C3=NCCN3)N(c3ncco3)C2(C2OCCO2)N2CCCC2)CCN1. The molecule has 5 aliphatic rings. The fraction of sp³-hybridized carbons (Fsp3) is 0.700. The van der Waals surface area contributed by atoms with Gasteiger partial charge in [0.15, 0.2) is 12.0 Å². The molecule has 3 N–H and O–H groups in total. The molecule has 0 aliphatic carbocycles. The molecule has 3 fully saturated rings. The number of anilines is 1. The molecule has 3 atom stereocenters. The summed E-state index contributed by atoms with van der Waals surface area (Å²) in [5.74, 6) is 0.920. The standard InChI is InChI=1S/C20H29N7O3/c1-2-9-26(8-1)20(18-28-11-12-29-18)15(14-3-4-21-13-14)25-17(16-22-5-6-23-16)27(20)19-24-7-10-30-19/h7,10,13,15,17-18,21,25H,1-6,8-9,11-12H2,(H,22,23). The van der Waals surface area contributed by atoms with Crippen LogP contribution in [-0.4, -0.2) is 85.8 Å². The van der Waals surface area contributed by atoms with Gasteiger partial charge in [-0.3, -0.25) is 20.1 Å². The van der Waals surface area contributed by atoms with Crippen LogP contribution in [0, 0.1) is 0 Å². The molecule has 0 bridgehead atoms. The van der Waals surface area contributed by atoms with Gasteiger partial charge in [-0.25, -0.2) is 4.98 Å². The Morgan fingerprint density at radius 3 is 2.67 bits per heavy atom. The highest BCUT2D eigenvalue weighted by atomic mass is 16.7. The fourth-order valence-electron chi connectivity index (χ4n) is 5.61. The zero-order chi connectivity index (χ0) is 20.0. The summed E-state index contributed by atoms with van der Waals surface area (Å²) in [6, 6.07) is 0.541. The van der Waals surface area contributed by atoms with Gasteiger partial charge in [0.25, 0.3) is 0 Å². The number of hydrogen-bond donors (Lipinski definition) is 3. The first-order chi connectivity index (χ1) is 14.9. The summed E-state index contributed by atoms with van der Waals surface area (Å²) in [4.78, 5) is 14.1. The molecule has 6 rings (SSSR count). The fourth-order valence-corrected chi connectivity index (χ4v) is 5.61. The maximum atomic E-state index is 6.26. The molecule has 3 saturated heterocycles. The molecular formula is C20H29N7O3. The maximum Gasteiger partial charge on any atom is 0.300 e. The van der Waals surface area contributed by atoms with E-state index in [4.69, 9.17) is 18.9 Å². The second-order valence-corrected chi connectivity index (χ2v) is 8.35. The summed E-state index contributed by atoms with van der Waals surface area (Å²) >= 11 is 0. The van der Waals surface area contributed by atoms with Gasteiger partial charge in [-0.2, -0.15) is 0 Å². The summed E-state index contributed by atoms with van der Waals surface area (Å²) in [6.07, 6.45) is 8.14. The van der Waals surface area contributed by atoms with Crippen molar-refractivity contribution in [3.8, 4) is 0 Å². The molecular weight excluding hydrogens is 386 g/mol. The predicted molar refractivity (Wildman–Crippen MR) is 110 cm³/mol. The first-order valence-electron chi connectivity index (χ1n) is 11.0. The predicted octanol–water partition coefficient (Wildman–Crippen LogP) is -0.177. The molecule has 6 heterocycles. The average Bonchev–Trinajstić information content (AvgIpc) is 3.62. The largest absolute Gasteiger partial charge is 0.432 e. The van der Waals surface area contributed by atoms with Crippen molar-refractivity contribution >= 4 is 11.9 Å². The van der Waals surface area contributed by atoms with Crippen LogP contribution in [0.1, 0.15) is 19.3 Å². The number of oxazole rings is 1. The van der Waals surface area contributed by atoms with Gasteiger partial charge >= 0.3 is 6.01 Å². The van der Waals surface area contributed by atoms with Crippen LogP contribution in [0.5, 0.6) is 0 Å². The van der Waals surface area contributed by atoms with Crippen LogP contribution in [0.3, 0.4) is 0 Å². The van der Waals surface area contributed by atoms with Gasteiger partial charge in [0, 0.05) is 26.2 Å². The number of likely N-dealkylation sites (tertiary alicyclic amines) is 1. The van der Waals surface area contributed by atoms with Gasteiger partial charge in [0.2, 0.25) is 0 Å². The molecule has 0 amide bonds. The highest BCUT2D eigenvalue weighted by Gasteiger charge is 2.66. The topological polar surface area (TPSA) is 99.4 Å². The molecule has 10 nitrogen and oxygen atoms in total. The molecule has 162 valence electrons. The smallest absolute Gasteiger partial charge is 0.300 e. The Morgan fingerprint density at radius 1 is 1.13 bits per heavy atom. The Labute approximate surface area is 175 Å². The van der Waals surface area contributed by atoms with Crippen LogP contribution in [0.2, 0.25) is 0 Å². The normalized spacial score (nSPS) is 35.0. The Morgan fingerprint density at radius 2 is 2.00 bits per heavy atom. The highest BCUT2D eigenvalue weighted by molar-refractivity contribution is 5.92. The van der Waals surface area contributed by atoms with Crippen molar-refractivity contribution in [3.63, 3.8) is 0 Å². The quantitative estimate of drug-likeness (QED) is 0.605. The number of aromatic nitrogens is 1. The minimum atomic E-state index is -0.618. The van der Waals surface area contributed by atoms with E-state index in [2.05, 4.69) is 36.9 Å². The van der Waals surface area contributed by atoms with E-state index in [0.717, 1.165) is 57.8 Å². The second-order valence-electron chi connectivity index (χ2n) is 8.35. The number of aliphatic imine (C=N–C) groups is 1. The number of rotatable bonds is 5. The zero-order valence-electron chi connectivity index (χ0n) is 17.0. The number of hydrogen-bond acceptors (Lipinski definition) is 10. The summed E-state index contributed by atoms with van der Waals surface area (Å²) < 4.78 is 18.4. The van der Waals surface area contributed by atoms with Crippen molar-refractivity contribution in [2.45, 2.75) is 43.4 Å². The third-order valence-electron chi connectivity index (χ3n) is 6.78. The van der Waals surface area contributed by atoms with Gasteiger partial charge in [0.05, 0.1) is 32.0 Å². The minimum Gasteiger partial charge on any atom is -0.432 e. The average molecular weight is 415 g/mol. The van der Waals surface area contributed by atoms with Crippen molar-refractivity contribution in [1.29, 1.82) is 0 Å². The van der Waals surface area contributed by atoms with Crippen LogP contribution >= 0.6 is 0 Å². The van der Waals surface area contributed by atoms with Crippen molar-refractivity contribution < 1.29 is 13.9 Å². The van der Waals surface area contributed by atoms with E-state index < -0.39 is 12.0 Å². The summed E-state index contributed by atoms with van der Waals surface area (Å²) in [5.41, 5.74) is 0.700. The van der Waals surface area contributed by atoms with E-state index in [-0.39, 0.29) is 12.2 Å².